The van der Waals surface area contributed by atoms with Crippen molar-refractivity contribution in [3.05, 3.63) is 0 Å². The van der Waals surface area contributed by atoms with Crippen LogP contribution in [-0.2, 0) is 19.2 Å². The maximum Gasteiger partial charge on any atom is 0.826 e. The standard InChI is InChI=1S/C5H4NO4/c7-3-10-6-4(8)1-2-5(6)9/h1-2H2/q+1. The number of rotatable bonds is 2. The second-order valence-corrected chi connectivity index (χ2v) is 1.76. The maximum absolute atomic E-state index is 10.6. The number of hydroxylamine groups is 2. The molecule has 0 spiro atoms. The zero-order chi connectivity index (χ0) is 7.56. The normalized spacial score (nSPS) is 17.4. The highest BCUT2D eigenvalue weighted by atomic mass is 16.7. The first-order valence-electron chi connectivity index (χ1n) is 2.65. The fraction of sp³-hybridized carbons (Fsp3) is 0.400. The second-order valence-electron chi connectivity index (χ2n) is 1.76. The van der Waals surface area contributed by atoms with Gasteiger partial charge in [-0.3, -0.25) is 9.59 Å². The zero-order valence-corrected chi connectivity index (χ0v) is 4.99. The van der Waals surface area contributed by atoms with Crippen LogP contribution >= 0.6 is 0 Å². The van der Waals surface area contributed by atoms with Gasteiger partial charge >= 0.3 is 6.47 Å². The summed E-state index contributed by atoms with van der Waals surface area (Å²) in [5, 5.41) is 0.424. The molecule has 0 aromatic carbocycles. The van der Waals surface area contributed by atoms with Gasteiger partial charge < -0.3 is 0 Å². The third-order valence-corrected chi connectivity index (χ3v) is 1.13. The number of carbonyl (C=O) groups excluding carboxylic acids is 3. The van der Waals surface area contributed by atoms with E-state index in [4.69, 9.17) is 0 Å². The molecule has 0 radical (unpaired) electrons. The van der Waals surface area contributed by atoms with E-state index in [1.165, 1.54) is 0 Å². The lowest BCUT2D eigenvalue weighted by Crippen LogP contribution is -2.28. The van der Waals surface area contributed by atoms with Crippen LogP contribution in [-0.4, -0.2) is 23.3 Å². The molecule has 2 amide bonds. The zero-order valence-electron chi connectivity index (χ0n) is 4.99. The van der Waals surface area contributed by atoms with Crippen LogP contribution in [0.5, 0.6) is 0 Å². The van der Waals surface area contributed by atoms with Crippen molar-refractivity contribution in [1.82, 2.24) is 5.06 Å². The fourth-order valence-corrected chi connectivity index (χ4v) is 0.695. The van der Waals surface area contributed by atoms with Crippen LogP contribution < -0.4 is 0 Å². The van der Waals surface area contributed by atoms with Crippen molar-refractivity contribution in [1.29, 1.82) is 0 Å². The molecule has 0 aromatic heterocycles. The molecule has 0 bridgehead atoms. The van der Waals surface area contributed by atoms with Crippen molar-refractivity contribution in [3.8, 4) is 0 Å². The Morgan fingerprint density at radius 2 is 1.80 bits per heavy atom. The minimum Gasteiger partial charge on any atom is -0.271 e. The third-order valence-electron chi connectivity index (χ3n) is 1.13. The average Bonchev–Trinajstić information content (AvgIpc) is 2.20. The van der Waals surface area contributed by atoms with E-state index in [-0.39, 0.29) is 12.8 Å². The summed E-state index contributed by atoms with van der Waals surface area (Å²) in [4.78, 5) is 34.7. The van der Waals surface area contributed by atoms with Gasteiger partial charge in [0.05, 0.1) is 4.79 Å². The monoisotopic (exact) mass is 142 g/mol. The molecule has 0 aromatic rings. The Balaban J connectivity index is 2.62. The van der Waals surface area contributed by atoms with Gasteiger partial charge in [-0.05, 0) is 5.06 Å². The Morgan fingerprint density at radius 3 is 2.20 bits per heavy atom. The molecule has 0 aliphatic carbocycles. The van der Waals surface area contributed by atoms with Gasteiger partial charge in [-0.2, -0.15) is 0 Å². The molecule has 1 aliphatic rings. The van der Waals surface area contributed by atoms with E-state index >= 15 is 0 Å². The number of hydrogen-bond acceptors (Lipinski definition) is 4. The molecule has 5 nitrogen and oxygen atoms in total. The SMILES string of the molecule is O=[C+]ON1C(=O)CCC1=O. The molecular formula is C5H4NO4+. The molecule has 1 aliphatic heterocycles. The summed E-state index contributed by atoms with van der Waals surface area (Å²) in [6, 6.07) is 0. The van der Waals surface area contributed by atoms with Gasteiger partial charge in [0.2, 0.25) is 0 Å². The molecular weight excluding hydrogens is 138 g/mol. The first-order chi connectivity index (χ1) is 4.75. The topological polar surface area (TPSA) is 63.7 Å². The summed E-state index contributed by atoms with van der Waals surface area (Å²) in [5.74, 6) is -0.985. The van der Waals surface area contributed by atoms with Crippen LogP contribution in [0.1, 0.15) is 12.8 Å². The molecule has 5 heteroatoms. The third kappa shape index (κ3) is 0.942. The molecule has 0 saturated carbocycles. The van der Waals surface area contributed by atoms with Crippen molar-refractivity contribution in [2.24, 2.45) is 0 Å². The van der Waals surface area contributed by atoms with Crippen LogP contribution in [0.15, 0.2) is 0 Å². The van der Waals surface area contributed by atoms with Gasteiger partial charge in [-0.25, -0.2) is 0 Å². The van der Waals surface area contributed by atoms with E-state index in [0.717, 1.165) is 6.47 Å². The van der Waals surface area contributed by atoms with Gasteiger partial charge in [0, 0.05) is 12.8 Å². The van der Waals surface area contributed by atoms with Crippen LogP contribution in [0.2, 0.25) is 0 Å². The number of carbonyl (C=O) groups is 2. The highest BCUT2D eigenvalue weighted by Crippen LogP contribution is 2.10. The molecule has 10 heavy (non-hydrogen) atoms. The van der Waals surface area contributed by atoms with E-state index in [1.54, 1.807) is 0 Å². The Labute approximate surface area is 56.5 Å². The number of hydrogen-bond donors (Lipinski definition) is 0. The van der Waals surface area contributed by atoms with Crippen molar-refractivity contribution < 1.29 is 19.2 Å². The first-order valence-corrected chi connectivity index (χ1v) is 2.65. The summed E-state index contributed by atoms with van der Waals surface area (Å²) in [7, 11) is 0. The van der Waals surface area contributed by atoms with E-state index in [9.17, 15) is 14.4 Å². The van der Waals surface area contributed by atoms with Crippen molar-refractivity contribution in [2.45, 2.75) is 12.8 Å². The molecule has 52 valence electrons. The molecule has 0 unspecified atom stereocenters. The first kappa shape index (κ1) is 6.64. The fourth-order valence-electron chi connectivity index (χ4n) is 0.695. The average molecular weight is 142 g/mol. The smallest absolute Gasteiger partial charge is 0.271 e. The predicted octanol–water partition coefficient (Wildman–Crippen LogP) is -0.866. The van der Waals surface area contributed by atoms with Crippen molar-refractivity contribution >= 4 is 18.3 Å². The second kappa shape index (κ2) is 2.41. The lowest BCUT2D eigenvalue weighted by Gasteiger charge is -1.96. The maximum atomic E-state index is 10.6. The van der Waals surface area contributed by atoms with E-state index in [1.807, 2.05) is 0 Å². The van der Waals surface area contributed by atoms with E-state index < -0.39 is 11.8 Å². The number of imide groups is 1. The highest BCUT2D eigenvalue weighted by Gasteiger charge is 2.35. The van der Waals surface area contributed by atoms with E-state index in [2.05, 4.69) is 4.84 Å². The molecule has 1 rings (SSSR count). The number of nitrogens with zero attached hydrogens (tertiary/aromatic N) is 1. The summed E-state index contributed by atoms with van der Waals surface area (Å²) >= 11 is 0. The molecule has 1 fully saturated rings. The summed E-state index contributed by atoms with van der Waals surface area (Å²) in [5.41, 5.74) is 0. The van der Waals surface area contributed by atoms with E-state index in [0.29, 0.717) is 5.06 Å². The lowest BCUT2D eigenvalue weighted by atomic mass is 10.4. The van der Waals surface area contributed by atoms with Gasteiger partial charge in [0.25, 0.3) is 11.8 Å². The summed E-state index contributed by atoms with van der Waals surface area (Å²) in [6.45, 7) is 1.00. The molecule has 1 saturated heterocycles. The molecule has 0 N–H and O–H groups in total. The van der Waals surface area contributed by atoms with Gasteiger partial charge in [-0.15, -0.1) is 0 Å². The highest BCUT2D eigenvalue weighted by molar-refractivity contribution is 6.01. The number of amides is 2. The largest absolute Gasteiger partial charge is 0.826 e. The van der Waals surface area contributed by atoms with Gasteiger partial charge in [0.15, 0.2) is 0 Å². The lowest BCUT2D eigenvalue weighted by molar-refractivity contribution is -0.167. The molecule has 1 heterocycles. The summed E-state index contributed by atoms with van der Waals surface area (Å²) in [6.07, 6.45) is 0.223. The van der Waals surface area contributed by atoms with Crippen LogP contribution in [0.4, 0.5) is 0 Å². The van der Waals surface area contributed by atoms with Crippen molar-refractivity contribution in [3.63, 3.8) is 0 Å². The Bertz CT molecular complexity index is 172. The van der Waals surface area contributed by atoms with Crippen molar-refractivity contribution in [2.75, 3.05) is 0 Å². The van der Waals surface area contributed by atoms with Crippen LogP contribution in [0.3, 0.4) is 0 Å². The quantitative estimate of drug-likeness (QED) is 0.371. The Kier molecular flexibility index (Phi) is 1.60. The van der Waals surface area contributed by atoms with Gasteiger partial charge in [0.1, 0.15) is 0 Å². The minimum absolute atomic E-state index is 0.112. The van der Waals surface area contributed by atoms with Gasteiger partial charge in [-0.1, -0.05) is 4.84 Å². The minimum atomic E-state index is -0.492. The molecule has 0 atom stereocenters. The Hall–Kier alpha value is -1.48. The predicted molar refractivity (Wildman–Crippen MR) is 27.9 cm³/mol. The van der Waals surface area contributed by atoms with Crippen LogP contribution in [0.25, 0.3) is 0 Å². The summed E-state index contributed by atoms with van der Waals surface area (Å²) < 4.78 is 0. The van der Waals surface area contributed by atoms with Crippen LogP contribution in [0, 0.1) is 0 Å². The Morgan fingerprint density at radius 1 is 1.30 bits per heavy atom.